The molecule has 0 aromatic heterocycles. The molecule has 588 valence electrons. The third kappa shape index (κ3) is 83.0. The normalized spacial score (nSPS) is 13.2. The van der Waals surface area contributed by atoms with E-state index in [2.05, 4.69) is 135 Å². The minimum Gasteiger partial charge on any atom is -0.545 e. The van der Waals surface area contributed by atoms with E-state index in [9.17, 15) is 19.5 Å². The van der Waals surface area contributed by atoms with Crippen LogP contribution in [-0.4, -0.2) is 82.3 Å². The average Bonchev–Trinajstić information content (AvgIpc) is 0.999. The van der Waals surface area contributed by atoms with Crippen molar-refractivity contribution in [2.45, 2.75) is 405 Å². The van der Waals surface area contributed by atoms with Crippen LogP contribution < -0.4 is 5.11 Å². The van der Waals surface area contributed by atoms with E-state index >= 15 is 0 Å². The molecule has 0 aliphatic heterocycles. The molecule has 0 rings (SSSR count). The molecule has 102 heavy (non-hydrogen) atoms. The molecular weight excluding hydrogens is 1260 g/mol. The van der Waals surface area contributed by atoms with Gasteiger partial charge >= 0.3 is 11.9 Å². The van der Waals surface area contributed by atoms with Gasteiger partial charge in [0.05, 0.1) is 40.3 Å². The van der Waals surface area contributed by atoms with Crippen LogP contribution in [-0.2, 0) is 33.3 Å². The Morgan fingerprint density at radius 3 is 0.833 bits per heavy atom. The Bertz CT molecular complexity index is 2100. The van der Waals surface area contributed by atoms with Crippen LogP contribution in [0.5, 0.6) is 0 Å². The summed E-state index contributed by atoms with van der Waals surface area (Å²) < 4.78 is 22.9. The van der Waals surface area contributed by atoms with Gasteiger partial charge in [-0.25, -0.2) is 0 Å². The zero-order valence-corrected chi connectivity index (χ0v) is 67.5. The van der Waals surface area contributed by atoms with Crippen LogP contribution in [0.15, 0.2) is 122 Å². The highest BCUT2D eigenvalue weighted by Crippen LogP contribution is 2.20. The number of allylic oxidation sites excluding steroid dienone is 20. The largest absolute Gasteiger partial charge is 0.545 e. The number of quaternary nitrogens is 1. The van der Waals surface area contributed by atoms with Crippen molar-refractivity contribution in [3.05, 3.63) is 122 Å². The second-order valence-corrected chi connectivity index (χ2v) is 30.1. The molecule has 0 heterocycles. The van der Waals surface area contributed by atoms with Crippen molar-refractivity contribution in [1.29, 1.82) is 0 Å². The van der Waals surface area contributed by atoms with E-state index in [1.165, 1.54) is 250 Å². The highest BCUT2D eigenvalue weighted by atomic mass is 16.7. The smallest absolute Gasteiger partial charge is 0.306 e. The van der Waals surface area contributed by atoms with Crippen LogP contribution >= 0.6 is 0 Å². The number of esters is 2. The predicted molar refractivity (Wildman–Crippen MR) is 440 cm³/mol. The molecule has 2 atom stereocenters. The Labute approximate surface area is 631 Å². The number of carboxylic acid groups (broad SMARTS) is 1. The third-order valence-electron chi connectivity index (χ3n) is 19.0. The fraction of sp³-hybridized carbons (Fsp3) is 0.753. The number of carboxylic acids is 1. The van der Waals surface area contributed by atoms with E-state index < -0.39 is 24.3 Å². The third-order valence-corrected chi connectivity index (χ3v) is 19.0. The Morgan fingerprint density at radius 2 is 0.559 bits per heavy atom. The standard InChI is InChI=1S/C93H163NO8/c1-6-8-10-12-14-16-18-20-22-24-26-28-30-32-34-36-38-40-42-44-45-46-47-48-50-52-54-56-58-60-62-64-66-68-70-72-74-76-78-80-82-84-91(96)102-89(88-101-93(92(97)98)99-86-85-94(3,4)5)87-100-90(95)83-81-79-77-75-73-71-69-67-65-63-61-59-57-55-53-51-49-43-41-39-37-35-33-31-29-27-25-23-21-19-17-15-13-11-9-7-2/h8,10,14,16,20,22,26,28,32,34,38,40,44-45,47-48,52,54,58,60,89,93H,6-7,9,11-13,15,17-19,21,23-25,27,29-31,33,35-37,39,41-43,46,49-51,53,55-57,59,61-88H2,1-5H3/b10-8-,16-14-,22-20-,28-26-,34-32-,40-38-,45-44-,48-47-,54-52-,60-58-. The van der Waals surface area contributed by atoms with E-state index in [4.69, 9.17) is 18.9 Å². The highest BCUT2D eigenvalue weighted by molar-refractivity contribution is 5.70. The number of hydrogen-bond donors (Lipinski definition) is 0. The molecule has 0 spiro atoms. The molecule has 0 bridgehead atoms. The molecule has 0 amide bonds. The van der Waals surface area contributed by atoms with E-state index in [-0.39, 0.29) is 32.2 Å². The van der Waals surface area contributed by atoms with E-state index in [0.717, 1.165) is 109 Å². The van der Waals surface area contributed by atoms with E-state index in [1.54, 1.807) is 0 Å². The highest BCUT2D eigenvalue weighted by Gasteiger charge is 2.22. The molecule has 0 fully saturated rings. The first-order valence-electron chi connectivity index (χ1n) is 43.2. The zero-order chi connectivity index (χ0) is 73.9. The number of carbonyl (C=O) groups is 3. The molecule has 2 unspecified atom stereocenters. The Morgan fingerprint density at radius 1 is 0.304 bits per heavy atom. The molecule has 0 aromatic carbocycles. The molecule has 9 heteroatoms. The average molecular weight is 1420 g/mol. The maximum absolute atomic E-state index is 13.0. The number of likely N-dealkylation sites (N-methyl/N-ethyl adjacent to an activating group) is 1. The lowest BCUT2D eigenvalue weighted by Crippen LogP contribution is -2.44. The summed E-state index contributed by atoms with van der Waals surface area (Å²) in [5, 5.41) is 11.9. The molecule has 0 saturated heterocycles. The minimum absolute atomic E-state index is 0.144. The SMILES string of the molecule is CC/C=C\C/C=C\C/C=C\C/C=C\C/C=C\C/C=C\C/C=C\C/C=C\C/C=C\C/C=C\CCCCCCCCCCCCC(=O)OC(COC(=O)CCCCCCCCCCCCCCCCCCCCCCCCCCCCCCCCCCCCCC)COC(OCC[N+](C)(C)C)C(=O)[O-]. The summed E-state index contributed by atoms with van der Waals surface area (Å²) in [5.41, 5.74) is 0. The van der Waals surface area contributed by atoms with E-state index in [0.29, 0.717) is 23.9 Å². The molecule has 0 aliphatic carbocycles. The summed E-state index contributed by atoms with van der Waals surface area (Å²) >= 11 is 0. The second-order valence-electron chi connectivity index (χ2n) is 30.1. The number of hydrogen-bond acceptors (Lipinski definition) is 8. The Balaban J connectivity index is 4.02. The Kier molecular flexibility index (Phi) is 78.9. The van der Waals surface area contributed by atoms with Gasteiger partial charge in [-0.15, -0.1) is 0 Å². The fourth-order valence-corrected chi connectivity index (χ4v) is 12.5. The van der Waals surface area contributed by atoms with Crippen LogP contribution in [0.4, 0.5) is 0 Å². The van der Waals surface area contributed by atoms with Gasteiger partial charge in [0.2, 0.25) is 0 Å². The van der Waals surface area contributed by atoms with Crippen molar-refractivity contribution < 1.29 is 42.9 Å². The molecule has 0 saturated carbocycles. The molecule has 0 radical (unpaired) electrons. The number of aliphatic carboxylic acids is 1. The van der Waals surface area contributed by atoms with Gasteiger partial charge in [0, 0.05) is 12.8 Å². The molecule has 0 aliphatic rings. The van der Waals surface area contributed by atoms with Gasteiger partial charge in [-0.2, -0.15) is 0 Å². The van der Waals surface area contributed by atoms with Gasteiger partial charge in [-0.1, -0.05) is 411 Å². The number of nitrogens with zero attached hydrogens (tertiary/aromatic N) is 1. The summed E-state index contributed by atoms with van der Waals surface area (Å²) in [5.74, 6) is -2.27. The summed E-state index contributed by atoms with van der Waals surface area (Å²) in [7, 11) is 5.94. The van der Waals surface area contributed by atoms with Gasteiger partial charge in [-0.05, 0) is 89.9 Å². The Hall–Kier alpha value is -4.31. The maximum Gasteiger partial charge on any atom is 0.306 e. The van der Waals surface area contributed by atoms with Crippen molar-refractivity contribution in [2.75, 3.05) is 47.5 Å². The van der Waals surface area contributed by atoms with Crippen molar-refractivity contribution in [1.82, 2.24) is 0 Å². The van der Waals surface area contributed by atoms with Gasteiger partial charge in [-0.3, -0.25) is 9.59 Å². The predicted octanol–water partition coefficient (Wildman–Crippen LogP) is 26.9. The summed E-state index contributed by atoms with van der Waals surface area (Å²) in [6.45, 7) is 4.68. The lowest BCUT2D eigenvalue weighted by Gasteiger charge is -2.26. The number of rotatable bonds is 80. The fourth-order valence-electron chi connectivity index (χ4n) is 12.5. The van der Waals surface area contributed by atoms with Gasteiger partial charge in [0.1, 0.15) is 13.2 Å². The van der Waals surface area contributed by atoms with Gasteiger partial charge in [0.15, 0.2) is 12.4 Å². The van der Waals surface area contributed by atoms with Crippen LogP contribution in [0.25, 0.3) is 0 Å². The quantitative estimate of drug-likeness (QED) is 0.0195. The first kappa shape index (κ1) is 97.7. The van der Waals surface area contributed by atoms with Crippen LogP contribution in [0, 0.1) is 0 Å². The molecule has 9 nitrogen and oxygen atoms in total. The summed E-state index contributed by atoms with van der Waals surface area (Å²) in [6, 6.07) is 0. The van der Waals surface area contributed by atoms with Crippen LogP contribution in [0.1, 0.15) is 393 Å². The zero-order valence-electron chi connectivity index (χ0n) is 67.5. The van der Waals surface area contributed by atoms with Crippen molar-refractivity contribution >= 4 is 17.9 Å². The molecule has 0 N–H and O–H groups in total. The summed E-state index contributed by atoms with van der Waals surface area (Å²) in [4.78, 5) is 37.7. The molecular formula is C93H163NO8. The van der Waals surface area contributed by atoms with Gasteiger partial charge < -0.3 is 33.3 Å². The van der Waals surface area contributed by atoms with Crippen LogP contribution in [0.2, 0.25) is 0 Å². The van der Waals surface area contributed by atoms with Crippen LogP contribution in [0.3, 0.4) is 0 Å². The second kappa shape index (κ2) is 82.3. The number of ether oxygens (including phenoxy) is 4. The number of carbonyl (C=O) groups excluding carboxylic acids is 3. The van der Waals surface area contributed by atoms with E-state index in [1.807, 2.05) is 21.1 Å². The topological polar surface area (TPSA) is 111 Å². The van der Waals surface area contributed by atoms with Crippen molar-refractivity contribution in [3.63, 3.8) is 0 Å². The number of unbranched alkanes of at least 4 members (excludes halogenated alkanes) is 45. The van der Waals surface area contributed by atoms with Crippen molar-refractivity contribution in [2.24, 2.45) is 0 Å². The van der Waals surface area contributed by atoms with Gasteiger partial charge in [0.25, 0.3) is 0 Å². The first-order chi connectivity index (χ1) is 50.1. The lowest BCUT2D eigenvalue weighted by atomic mass is 10.0. The first-order valence-corrected chi connectivity index (χ1v) is 43.2. The molecule has 0 aromatic rings. The summed E-state index contributed by atoms with van der Waals surface area (Å²) in [6.07, 6.45) is 115. The maximum atomic E-state index is 13.0. The monoisotopic (exact) mass is 1420 g/mol. The van der Waals surface area contributed by atoms with Crippen molar-refractivity contribution in [3.8, 4) is 0 Å². The minimum atomic E-state index is -1.63. The lowest BCUT2D eigenvalue weighted by molar-refractivity contribution is -0.870.